The summed E-state index contributed by atoms with van der Waals surface area (Å²) in [6.07, 6.45) is 1.76. The molecule has 0 unspecified atom stereocenters. The van der Waals surface area contributed by atoms with Crippen molar-refractivity contribution in [3.05, 3.63) is 11.6 Å². The minimum Gasteiger partial charge on any atom is -0.359 e. The van der Waals surface area contributed by atoms with E-state index in [-0.39, 0.29) is 26.5 Å². The van der Waals surface area contributed by atoms with Crippen LogP contribution in [-0.4, -0.2) is 66.3 Å². The molecular weight excluding hydrogens is 268 g/mol. The predicted molar refractivity (Wildman–Crippen MR) is 69.0 cm³/mol. The Morgan fingerprint density at radius 3 is 2.25 bits per heavy atom. The van der Waals surface area contributed by atoms with Crippen molar-refractivity contribution in [1.29, 1.82) is 0 Å². The van der Waals surface area contributed by atoms with Gasteiger partial charge in [-0.1, -0.05) is 0 Å². The maximum Gasteiger partial charge on any atom is 0.147 e. The Morgan fingerprint density at radius 1 is 1.05 bits per heavy atom. The van der Waals surface area contributed by atoms with Crippen molar-refractivity contribution in [1.82, 2.24) is 0 Å². The average molecular weight is 290 g/mol. The monoisotopic (exact) mass is 290 g/mol. The van der Waals surface area contributed by atoms with Crippen LogP contribution in [0.15, 0.2) is 11.6 Å². The summed E-state index contributed by atoms with van der Waals surface area (Å²) in [4.78, 5) is 11.0. The highest BCUT2D eigenvalue weighted by Gasteiger charge is 2.35. The van der Waals surface area contributed by atoms with Gasteiger partial charge in [0.1, 0.15) is 38.9 Å². The first-order valence-corrected chi connectivity index (χ1v) is 6.24. The normalized spacial score (nSPS) is 26.4. The van der Waals surface area contributed by atoms with Crippen molar-refractivity contribution in [2.24, 2.45) is 0 Å². The Hall–Kier alpha value is -0.830. The van der Waals surface area contributed by atoms with E-state index >= 15 is 0 Å². The Balaban J connectivity index is 2.78. The van der Waals surface area contributed by atoms with Gasteiger partial charge in [0.05, 0.1) is 6.10 Å². The van der Waals surface area contributed by atoms with Crippen molar-refractivity contribution in [2.75, 3.05) is 41.7 Å². The standard InChI is InChI=1S/C13H22O7/c1-15-7-18-11-4-10(6-14)5-12(19-8-16-2)13(11)20-9-17-3/h4,6,11-13H,5,7-9H2,1-3H3/t11-,12-,13-/m1/s1. The predicted octanol–water partition coefficient (Wildman–Crippen LogP) is 0.483. The van der Waals surface area contributed by atoms with Crippen molar-refractivity contribution in [3.63, 3.8) is 0 Å². The summed E-state index contributed by atoms with van der Waals surface area (Å²) in [6, 6.07) is 0. The van der Waals surface area contributed by atoms with Gasteiger partial charge in [-0.05, 0) is 11.6 Å². The Morgan fingerprint density at radius 2 is 1.65 bits per heavy atom. The molecule has 1 aliphatic carbocycles. The van der Waals surface area contributed by atoms with Gasteiger partial charge in [0.15, 0.2) is 0 Å². The molecular formula is C13H22O7. The SMILES string of the molecule is COCO[C@@H]1[C@H](OCOC)C=C(C=O)C[C@H]1OCOC. The lowest BCUT2D eigenvalue weighted by molar-refractivity contribution is -0.200. The van der Waals surface area contributed by atoms with Gasteiger partial charge < -0.3 is 28.4 Å². The van der Waals surface area contributed by atoms with Gasteiger partial charge in [-0.15, -0.1) is 0 Å². The molecule has 0 bridgehead atoms. The van der Waals surface area contributed by atoms with E-state index in [0.29, 0.717) is 12.0 Å². The second kappa shape index (κ2) is 9.98. The van der Waals surface area contributed by atoms with Crippen molar-refractivity contribution >= 4 is 6.29 Å². The molecule has 0 fully saturated rings. The number of ether oxygens (including phenoxy) is 6. The van der Waals surface area contributed by atoms with E-state index in [1.807, 2.05) is 0 Å². The molecule has 0 radical (unpaired) electrons. The van der Waals surface area contributed by atoms with E-state index < -0.39 is 12.2 Å². The van der Waals surface area contributed by atoms with Crippen LogP contribution in [0.5, 0.6) is 0 Å². The second-order valence-electron chi connectivity index (χ2n) is 4.25. The Labute approximate surface area is 118 Å². The highest BCUT2D eigenvalue weighted by molar-refractivity contribution is 5.73. The van der Waals surface area contributed by atoms with E-state index in [2.05, 4.69) is 0 Å². The van der Waals surface area contributed by atoms with Gasteiger partial charge in [-0.3, -0.25) is 4.79 Å². The van der Waals surface area contributed by atoms with E-state index in [1.54, 1.807) is 6.08 Å². The van der Waals surface area contributed by atoms with Gasteiger partial charge in [0.25, 0.3) is 0 Å². The number of hydrogen-bond donors (Lipinski definition) is 0. The number of hydrogen-bond acceptors (Lipinski definition) is 7. The zero-order valence-corrected chi connectivity index (χ0v) is 12.1. The lowest BCUT2D eigenvalue weighted by atomic mass is 9.92. The first-order chi connectivity index (χ1) is 9.76. The molecule has 3 atom stereocenters. The third-order valence-corrected chi connectivity index (χ3v) is 2.81. The average Bonchev–Trinajstić information content (AvgIpc) is 2.48. The van der Waals surface area contributed by atoms with Gasteiger partial charge in [-0.25, -0.2) is 0 Å². The largest absolute Gasteiger partial charge is 0.359 e. The fourth-order valence-electron chi connectivity index (χ4n) is 1.97. The molecule has 1 aliphatic rings. The number of rotatable bonds is 10. The molecule has 0 saturated heterocycles. The zero-order chi connectivity index (χ0) is 14.8. The highest BCUT2D eigenvalue weighted by Crippen LogP contribution is 2.25. The quantitative estimate of drug-likeness (QED) is 0.428. The molecule has 7 heteroatoms. The molecule has 0 N–H and O–H groups in total. The highest BCUT2D eigenvalue weighted by atomic mass is 16.7. The summed E-state index contributed by atoms with van der Waals surface area (Å²) < 4.78 is 31.4. The van der Waals surface area contributed by atoms with Crippen LogP contribution < -0.4 is 0 Å². The van der Waals surface area contributed by atoms with Crippen LogP contribution in [0.2, 0.25) is 0 Å². The Kier molecular flexibility index (Phi) is 8.59. The minimum absolute atomic E-state index is 0.0944. The van der Waals surface area contributed by atoms with E-state index in [1.165, 1.54) is 21.3 Å². The molecule has 0 amide bonds. The van der Waals surface area contributed by atoms with E-state index in [0.717, 1.165) is 6.29 Å². The maximum absolute atomic E-state index is 11.0. The van der Waals surface area contributed by atoms with Crippen LogP contribution in [-0.2, 0) is 33.2 Å². The second-order valence-corrected chi connectivity index (χ2v) is 4.25. The first kappa shape index (κ1) is 17.2. The first-order valence-electron chi connectivity index (χ1n) is 6.24. The summed E-state index contributed by atoms with van der Waals surface area (Å²) >= 11 is 0. The topological polar surface area (TPSA) is 72.5 Å². The number of carbonyl (C=O) groups is 1. The summed E-state index contributed by atoms with van der Waals surface area (Å²) in [6.45, 7) is 0.312. The van der Waals surface area contributed by atoms with E-state index in [4.69, 9.17) is 28.4 Å². The maximum atomic E-state index is 11.0. The molecule has 116 valence electrons. The van der Waals surface area contributed by atoms with Crippen LogP contribution in [0, 0.1) is 0 Å². The lowest BCUT2D eigenvalue weighted by Crippen LogP contribution is -2.46. The molecule has 0 spiro atoms. The minimum atomic E-state index is -0.444. The number of carbonyl (C=O) groups excluding carboxylic acids is 1. The van der Waals surface area contributed by atoms with Crippen LogP contribution >= 0.6 is 0 Å². The molecule has 0 saturated carbocycles. The fourth-order valence-corrected chi connectivity index (χ4v) is 1.97. The molecule has 1 rings (SSSR count). The van der Waals surface area contributed by atoms with Crippen molar-refractivity contribution < 1.29 is 33.2 Å². The summed E-state index contributed by atoms with van der Waals surface area (Å²) in [5.74, 6) is 0. The summed E-state index contributed by atoms with van der Waals surface area (Å²) in [5.41, 5.74) is 0.601. The number of methoxy groups -OCH3 is 3. The van der Waals surface area contributed by atoms with Gasteiger partial charge >= 0.3 is 0 Å². The third-order valence-electron chi connectivity index (χ3n) is 2.81. The van der Waals surface area contributed by atoms with Gasteiger partial charge in [0, 0.05) is 27.8 Å². The molecule has 7 nitrogen and oxygen atoms in total. The molecule has 0 aliphatic heterocycles. The lowest BCUT2D eigenvalue weighted by Gasteiger charge is -2.35. The van der Waals surface area contributed by atoms with Crippen LogP contribution in [0.1, 0.15) is 6.42 Å². The Bertz CT molecular complexity index is 305. The van der Waals surface area contributed by atoms with Gasteiger partial charge in [-0.2, -0.15) is 0 Å². The van der Waals surface area contributed by atoms with Gasteiger partial charge in [0.2, 0.25) is 0 Å². The summed E-state index contributed by atoms with van der Waals surface area (Å²) in [7, 11) is 4.59. The molecule has 0 heterocycles. The fraction of sp³-hybridized carbons (Fsp3) is 0.769. The van der Waals surface area contributed by atoms with Crippen LogP contribution in [0.3, 0.4) is 0 Å². The van der Waals surface area contributed by atoms with E-state index in [9.17, 15) is 4.79 Å². The van der Waals surface area contributed by atoms with Crippen molar-refractivity contribution in [2.45, 2.75) is 24.7 Å². The molecule has 20 heavy (non-hydrogen) atoms. The smallest absolute Gasteiger partial charge is 0.147 e. The van der Waals surface area contributed by atoms with Crippen LogP contribution in [0.25, 0.3) is 0 Å². The summed E-state index contributed by atoms with van der Waals surface area (Å²) in [5, 5.41) is 0. The third kappa shape index (κ3) is 5.28. The molecule has 0 aromatic rings. The van der Waals surface area contributed by atoms with Crippen molar-refractivity contribution in [3.8, 4) is 0 Å². The van der Waals surface area contributed by atoms with Crippen LogP contribution in [0.4, 0.5) is 0 Å². The zero-order valence-electron chi connectivity index (χ0n) is 12.1. The molecule has 0 aromatic carbocycles. The number of aldehydes is 1. The molecule has 0 aromatic heterocycles.